The molecule has 140 valence electrons. The highest BCUT2D eigenvalue weighted by atomic mass is 127. The molecule has 0 saturated carbocycles. The van der Waals surface area contributed by atoms with E-state index in [0.29, 0.717) is 15.5 Å². The number of aryl methyl sites for hydroxylation is 1. The third kappa shape index (κ3) is 4.86. The number of alkyl halides is 3. The Balaban J connectivity index is 2.58. The second kappa shape index (κ2) is 8.53. The van der Waals surface area contributed by atoms with Crippen molar-refractivity contribution in [1.29, 1.82) is 0 Å². The average Bonchev–Trinajstić information content (AvgIpc) is 2.98. The quantitative estimate of drug-likeness (QED) is 0.337. The second-order valence-electron chi connectivity index (χ2n) is 4.93. The average molecular weight is 518 g/mol. The zero-order chi connectivity index (χ0) is 19.5. The molecule has 0 unspecified atom stereocenters. The number of thiazole rings is 1. The Hall–Kier alpha value is -1.40. The van der Waals surface area contributed by atoms with E-state index in [1.807, 2.05) is 0 Å². The summed E-state index contributed by atoms with van der Waals surface area (Å²) in [6, 6.07) is 3.37. The lowest BCUT2D eigenvalue weighted by molar-refractivity contribution is -0.165. The lowest BCUT2D eigenvalue weighted by Crippen LogP contribution is -2.28. The van der Waals surface area contributed by atoms with Crippen LogP contribution in [0.1, 0.15) is 10.4 Å². The van der Waals surface area contributed by atoms with E-state index in [4.69, 9.17) is 16.3 Å². The van der Waals surface area contributed by atoms with Crippen LogP contribution in [-0.2, 0) is 16.1 Å². The van der Waals surface area contributed by atoms with Gasteiger partial charge < -0.3 is 4.74 Å². The van der Waals surface area contributed by atoms with Gasteiger partial charge in [0.05, 0.1) is 13.7 Å². The largest absolute Gasteiger partial charge is 0.481 e. The second-order valence-corrected chi connectivity index (χ2v) is 7.71. The van der Waals surface area contributed by atoms with E-state index in [-0.39, 0.29) is 12.4 Å². The number of ether oxygens (including phenoxy) is 1. The first-order chi connectivity index (χ1) is 12.1. The standard InChI is InChI=1S/C15H12ClF3IN3O2S/c1-8-4-3-5-23(12(8)21-6-9-7-22-14(16)26-9)13(25-2)10(20)11(24)15(17,18)19/h3-5,7H,6H2,1-2H3/b13-10+,21-12?. The molecule has 0 N–H and O–H groups in total. The summed E-state index contributed by atoms with van der Waals surface area (Å²) in [6.07, 6.45) is -1.95. The van der Waals surface area contributed by atoms with Crippen molar-refractivity contribution >= 4 is 57.2 Å². The van der Waals surface area contributed by atoms with Gasteiger partial charge in [-0.3, -0.25) is 14.4 Å². The Kier molecular flexibility index (Phi) is 6.86. The van der Waals surface area contributed by atoms with Crippen LogP contribution in [-0.4, -0.2) is 28.6 Å². The van der Waals surface area contributed by atoms with E-state index >= 15 is 0 Å². The number of hydrogen-bond donors (Lipinski definition) is 0. The Bertz CT molecular complexity index is 921. The molecule has 0 saturated heterocycles. The van der Waals surface area contributed by atoms with Crippen LogP contribution in [0.2, 0.25) is 4.47 Å². The molecule has 0 radical (unpaired) electrons. The van der Waals surface area contributed by atoms with Crippen molar-refractivity contribution in [3.63, 3.8) is 0 Å². The van der Waals surface area contributed by atoms with Gasteiger partial charge in [0.2, 0.25) is 5.88 Å². The molecule has 2 aromatic heterocycles. The minimum absolute atomic E-state index is 0.232. The number of pyridine rings is 1. The fraction of sp³-hybridized carbons (Fsp3) is 0.267. The molecule has 0 bridgehead atoms. The van der Waals surface area contributed by atoms with Gasteiger partial charge in [0.15, 0.2) is 4.47 Å². The molecule has 0 aliphatic carbocycles. The molecule has 0 amide bonds. The van der Waals surface area contributed by atoms with Crippen LogP contribution >= 0.6 is 45.5 Å². The molecular weight excluding hydrogens is 506 g/mol. The smallest absolute Gasteiger partial charge is 0.455 e. The van der Waals surface area contributed by atoms with Gasteiger partial charge in [0.1, 0.15) is 9.07 Å². The summed E-state index contributed by atoms with van der Waals surface area (Å²) in [5, 5.41) is 0. The van der Waals surface area contributed by atoms with E-state index < -0.39 is 15.5 Å². The maximum atomic E-state index is 12.8. The van der Waals surface area contributed by atoms with Gasteiger partial charge in [0.25, 0.3) is 5.78 Å². The highest BCUT2D eigenvalue weighted by Gasteiger charge is 2.42. The number of carbonyl (C=O) groups is 1. The third-order valence-corrected chi connectivity index (χ3v) is 5.18. The third-order valence-electron chi connectivity index (χ3n) is 3.13. The fourth-order valence-electron chi connectivity index (χ4n) is 2.00. The van der Waals surface area contributed by atoms with E-state index in [1.54, 1.807) is 25.3 Å². The SMILES string of the molecule is CO/C(=C(/I)C(=O)C(F)(F)F)n1cccc(C)c1=NCc1cnc(Cl)s1. The van der Waals surface area contributed by atoms with E-state index in [2.05, 4.69) is 9.98 Å². The molecule has 26 heavy (non-hydrogen) atoms. The van der Waals surface area contributed by atoms with Crippen molar-refractivity contribution in [3.05, 3.63) is 48.5 Å². The van der Waals surface area contributed by atoms with Crippen LogP contribution in [0, 0.1) is 6.92 Å². The first-order valence-corrected chi connectivity index (χ1v) is 9.27. The van der Waals surface area contributed by atoms with Gasteiger partial charge in [-0.25, -0.2) is 4.98 Å². The molecule has 2 rings (SSSR count). The van der Waals surface area contributed by atoms with Crippen molar-refractivity contribution < 1.29 is 22.7 Å². The van der Waals surface area contributed by atoms with Crippen LogP contribution in [0.15, 0.2) is 33.1 Å². The normalized spacial score (nSPS) is 13.6. The number of aromatic nitrogens is 2. The maximum absolute atomic E-state index is 12.8. The Morgan fingerprint density at radius 3 is 2.73 bits per heavy atom. The van der Waals surface area contributed by atoms with Crippen LogP contribution < -0.4 is 5.49 Å². The van der Waals surface area contributed by atoms with Crippen molar-refractivity contribution in [2.24, 2.45) is 4.99 Å². The molecule has 0 spiro atoms. The molecule has 0 aliphatic rings. The lowest BCUT2D eigenvalue weighted by atomic mass is 10.3. The zero-order valence-corrected chi connectivity index (χ0v) is 17.2. The van der Waals surface area contributed by atoms with Gasteiger partial charge in [-0.05, 0) is 41.1 Å². The molecule has 0 atom stereocenters. The summed E-state index contributed by atoms with van der Waals surface area (Å²) in [4.78, 5) is 20.7. The van der Waals surface area contributed by atoms with Crippen LogP contribution in [0.25, 0.3) is 5.88 Å². The summed E-state index contributed by atoms with van der Waals surface area (Å²) in [7, 11) is 1.19. The minimum Gasteiger partial charge on any atom is -0.481 e. The molecule has 0 fully saturated rings. The molecule has 5 nitrogen and oxygen atoms in total. The maximum Gasteiger partial charge on any atom is 0.455 e. The first kappa shape index (κ1) is 20.9. The molecule has 0 aliphatic heterocycles. The Morgan fingerprint density at radius 1 is 1.50 bits per heavy atom. The lowest BCUT2D eigenvalue weighted by Gasteiger charge is -2.15. The number of methoxy groups -OCH3 is 1. The van der Waals surface area contributed by atoms with Crippen molar-refractivity contribution in [2.75, 3.05) is 7.11 Å². The number of Topliss-reactive ketones (excluding diaryl/α,β-unsaturated/α-hetero) is 1. The van der Waals surface area contributed by atoms with Crippen molar-refractivity contribution in [2.45, 2.75) is 19.6 Å². The molecule has 2 heterocycles. The molecular formula is C15H12ClF3IN3O2S. The predicted octanol–water partition coefficient (Wildman–Crippen LogP) is 4.35. The number of nitrogens with zero attached hydrogens (tertiary/aromatic N) is 3. The monoisotopic (exact) mass is 517 g/mol. The summed E-state index contributed by atoms with van der Waals surface area (Å²) >= 11 is 8.36. The Morgan fingerprint density at radius 2 is 2.19 bits per heavy atom. The first-order valence-electron chi connectivity index (χ1n) is 6.99. The fourth-order valence-corrected chi connectivity index (χ4v) is 3.69. The molecule has 2 aromatic rings. The van der Waals surface area contributed by atoms with Crippen LogP contribution in [0.3, 0.4) is 0 Å². The minimum atomic E-state index is -5.00. The number of carbonyl (C=O) groups excluding carboxylic acids is 1. The van der Waals surface area contributed by atoms with Gasteiger partial charge in [-0.15, -0.1) is 11.3 Å². The van der Waals surface area contributed by atoms with Crippen molar-refractivity contribution in [1.82, 2.24) is 9.55 Å². The zero-order valence-electron chi connectivity index (χ0n) is 13.5. The summed E-state index contributed by atoms with van der Waals surface area (Å²) in [5.41, 5.74) is 1.05. The number of ketones is 1. The van der Waals surface area contributed by atoms with E-state index in [0.717, 1.165) is 4.88 Å². The number of halogens is 5. The van der Waals surface area contributed by atoms with Crippen molar-refractivity contribution in [3.8, 4) is 0 Å². The van der Waals surface area contributed by atoms with E-state index in [1.165, 1.54) is 51.8 Å². The van der Waals surface area contributed by atoms with Gasteiger partial charge in [0, 0.05) is 17.3 Å². The summed E-state index contributed by atoms with van der Waals surface area (Å²) in [6.45, 7) is 1.98. The highest BCUT2D eigenvalue weighted by molar-refractivity contribution is 14.1. The van der Waals surface area contributed by atoms with Gasteiger partial charge in [-0.2, -0.15) is 13.2 Å². The summed E-state index contributed by atoms with van der Waals surface area (Å²) in [5.74, 6) is -2.23. The van der Waals surface area contributed by atoms with E-state index in [9.17, 15) is 18.0 Å². The van der Waals surface area contributed by atoms with Crippen LogP contribution in [0.4, 0.5) is 13.2 Å². The number of hydrogen-bond acceptors (Lipinski definition) is 5. The van der Waals surface area contributed by atoms with Gasteiger partial charge in [-0.1, -0.05) is 17.7 Å². The van der Waals surface area contributed by atoms with Crippen LogP contribution in [0.5, 0.6) is 0 Å². The summed E-state index contributed by atoms with van der Waals surface area (Å²) < 4.78 is 44.5. The Labute approximate surface area is 169 Å². The molecule has 0 aromatic carbocycles. The molecule has 11 heteroatoms. The highest BCUT2D eigenvalue weighted by Crippen LogP contribution is 2.28. The van der Waals surface area contributed by atoms with Gasteiger partial charge >= 0.3 is 6.18 Å². The number of rotatable bonds is 5. The number of allylic oxidation sites excluding steroid dienone is 1. The predicted molar refractivity (Wildman–Crippen MR) is 101 cm³/mol. The topological polar surface area (TPSA) is 56.5 Å².